The van der Waals surface area contributed by atoms with E-state index in [2.05, 4.69) is 24.3 Å². The van der Waals surface area contributed by atoms with E-state index in [1.807, 2.05) is 5.51 Å². The molecule has 0 bridgehead atoms. The minimum atomic E-state index is 0.299. The van der Waals surface area contributed by atoms with Crippen molar-refractivity contribution in [1.82, 2.24) is 10.4 Å². The van der Waals surface area contributed by atoms with Crippen molar-refractivity contribution in [2.24, 2.45) is 17.7 Å². The van der Waals surface area contributed by atoms with E-state index < -0.39 is 0 Å². The molecule has 1 aliphatic rings. The number of hydrogen-bond acceptors (Lipinski definition) is 4. The monoisotopic (exact) mass is 253 g/mol. The number of thiazole rings is 1. The summed E-state index contributed by atoms with van der Waals surface area (Å²) in [5, 5.41) is 0. The van der Waals surface area contributed by atoms with Crippen LogP contribution in [0.25, 0.3) is 0 Å². The Morgan fingerprint density at radius 3 is 2.88 bits per heavy atom. The van der Waals surface area contributed by atoms with E-state index in [9.17, 15) is 0 Å². The lowest BCUT2D eigenvalue weighted by molar-refractivity contribution is 0.177. The van der Waals surface area contributed by atoms with Crippen LogP contribution in [-0.2, 0) is 0 Å². The van der Waals surface area contributed by atoms with Crippen LogP contribution in [0.2, 0.25) is 0 Å². The first kappa shape index (κ1) is 13.0. The predicted molar refractivity (Wildman–Crippen MR) is 72.7 cm³/mol. The fraction of sp³-hybridized carbons (Fsp3) is 0.769. The van der Waals surface area contributed by atoms with E-state index >= 15 is 0 Å². The van der Waals surface area contributed by atoms with E-state index in [1.54, 1.807) is 11.3 Å². The fourth-order valence-corrected chi connectivity index (χ4v) is 4.12. The third-order valence-corrected chi connectivity index (χ3v) is 5.18. The van der Waals surface area contributed by atoms with Crippen LogP contribution in [-0.4, -0.2) is 4.98 Å². The molecule has 3 atom stereocenters. The molecule has 1 aromatic rings. The molecular formula is C13H23N3S. The largest absolute Gasteiger partial charge is 0.271 e. The predicted octanol–water partition coefficient (Wildman–Crippen LogP) is 3.17. The van der Waals surface area contributed by atoms with Crippen molar-refractivity contribution in [2.75, 3.05) is 0 Å². The Balaban J connectivity index is 2.19. The Hall–Kier alpha value is -0.450. The van der Waals surface area contributed by atoms with Crippen molar-refractivity contribution in [2.45, 2.75) is 52.0 Å². The van der Waals surface area contributed by atoms with Crippen LogP contribution in [0.15, 0.2) is 5.51 Å². The number of hydrogen-bond donors (Lipinski definition) is 2. The molecule has 17 heavy (non-hydrogen) atoms. The van der Waals surface area contributed by atoms with Crippen molar-refractivity contribution in [3.05, 3.63) is 16.1 Å². The Bertz CT molecular complexity index is 350. The highest BCUT2D eigenvalue weighted by atomic mass is 32.1. The van der Waals surface area contributed by atoms with Gasteiger partial charge in [-0.2, -0.15) is 0 Å². The van der Waals surface area contributed by atoms with Crippen LogP contribution in [0.5, 0.6) is 0 Å². The number of hydrazine groups is 1. The van der Waals surface area contributed by atoms with E-state index in [0.29, 0.717) is 12.0 Å². The molecule has 0 amide bonds. The maximum absolute atomic E-state index is 5.81. The standard InChI is InChI=1S/C13H23N3S/c1-3-10-6-4-5-7-11(10)12(16-14)13-9(2)15-8-17-13/h8,10-12,16H,3-7,14H2,1-2H3. The third-order valence-electron chi connectivity index (χ3n) is 4.17. The highest BCUT2D eigenvalue weighted by molar-refractivity contribution is 7.09. The van der Waals surface area contributed by atoms with Gasteiger partial charge in [-0.25, -0.2) is 4.98 Å². The minimum Gasteiger partial charge on any atom is -0.271 e. The molecule has 1 heterocycles. The number of aromatic nitrogens is 1. The van der Waals surface area contributed by atoms with Crippen LogP contribution < -0.4 is 11.3 Å². The van der Waals surface area contributed by atoms with Crippen molar-refractivity contribution in [3.63, 3.8) is 0 Å². The summed E-state index contributed by atoms with van der Waals surface area (Å²) < 4.78 is 0. The molecule has 3 unspecified atom stereocenters. The first-order valence-corrected chi connectivity index (χ1v) is 7.52. The lowest BCUT2D eigenvalue weighted by Crippen LogP contribution is -2.38. The zero-order valence-electron chi connectivity index (χ0n) is 10.8. The average molecular weight is 253 g/mol. The van der Waals surface area contributed by atoms with Crippen LogP contribution in [0.3, 0.4) is 0 Å². The Morgan fingerprint density at radius 1 is 1.53 bits per heavy atom. The molecule has 1 saturated carbocycles. The van der Waals surface area contributed by atoms with Gasteiger partial charge in [0.15, 0.2) is 0 Å². The van der Waals surface area contributed by atoms with E-state index in [0.717, 1.165) is 11.6 Å². The van der Waals surface area contributed by atoms with Crippen LogP contribution in [0.4, 0.5) is 0 Å². The molecule has 1 aromatic heterocycles. The van der Waals surface area contributed by atoms with Crippen molar-refractivity contribution in [1.29, 1.82) is 0 Å². The zero-order valence-corrected chi connectivity index (χ0v) is 11.6. The molecule has 0 spiro atoms. The van der Waals surface area contributed by atoms with Gasteiger partial charge >= 0.3 is 0 Å². The highest BCUT2D eigenvalue weighted by Gasteiger charge is 2.32. The summed E-state index contributed by atoms with van der Waals surface area (Å²) in [6.45, 7) is 4.38. The summed E-state index contributed by atoms with van der Waals surface area (Å²) in [6.07, 6.45) is 6.65. The second-order valence-electron chi connectivity index (χ2n) is 5.06. The molecule has 1 fully saturated rings. The molecule has 3 N–H and O–H groups in total. The van der Waals surface area contributed by atoms with Gasteiger partial charge in [-0.05, 0) is 25.2 Å². The lowest BCUT2D eigenvalue weighted by atomic mass is 9.73. The average Bonchev–Trinajstić information content (AvgIpc) is 2.78. The zero-order chi connectivity index (χ0) is 12.3. The van der Waals surface area contributed by atoms with E-state index in [-0.39, 0.29) is 0 Å². The molecule has 2 rings (SSSR count). The molecular weight excluding hydrogens is 230 g/mol. The number of rotatable bonds is 4. The van der Waals surface area contributed by atoms with Crippen molar-refractivity contribution in [3.8, 4) is 0 Å². The van der Waals surface area contributed by atoms with E-state index in [1.165, 1.54) is 37.0 Å². The molecule has 3 nitrogen and oxygen atoms in total. The molecule has 0 aliphatic heterocycles. The number of aryl methyl sites for hydroxylation is 1. The van der Waals surface area contributed by atoms with Gasteiger partial charge in [-0.15, -0.1) is 11.3 Å². The maximum atomic E-state index is 5.81. The lowest BCUT2D eigenvalue weighted by Gasteiger charge is -2.36. The molecule has 96 valence electrons. The Morgan fingerprint density at radius 2 is 2.29 bits per heavy atom. The normalized spacial score (nSPS) is 27.0. The fourth-order valence-electron chi connectivity index (χ4n) is 3.19. The number of nitrogens with two attached hydrogens (primary N) is 1. The van der Waals surface area contributed by atoms with Gasteiger partial charge in [0.2, 0.25) is 0 Å². The van der Waals surface area contributed by atoms with Gasteiger partial charge < -0.3 is 0 Å². The van der Waals surface area contributed by atoms with Gasteiger partial charge in [0.25, 0.3) is 0 Å². The summed E-state index contributed by atoms with van der Waals surface area (Å²) in [5.74, 6) is 7.30. The van der Waals surface area contributed by atoms with Gasteiger partial charge in [-0.3, -0.25) is 11.3 Å². The topological polar surface area (TPSA) is 50.9 Å². The van der Waals surface area contributed by atoms with Crippen molar-refractivity contribution < 1.29 is 0 Å². The highest BCUT2D eigenvalue weighted by Crippen LogP contribution is 2.41. The van der Waals surface area contributed by atoms with Gasteiger partial charge in [0.05, 0.1) is 17.2 Å². The Kier molecular flexibility index (Phi) is 4.54. The maximum Gasteiger partial charge on any atom is 0.0798 e. The summed E-state index contributed by atoms with van der Waals surface area (Å²) in [6, 6.07) is 0.299. The third kappa shape index (κ3) is 2.69. The smallest absolute Gasteiger partial charge is 0.0798 e. The molecule has 4 heteroatoms. The quantitative estimate of drug-likeness (QED) is 0.640. The summed E-state index contributed by atoms with van der Waals surface area (Å²) in [5.41, 5.74) is 6.12. The van der Waals surface area contributed by atoms with Crippen molar-refractivity contribution >= 4 is 11.3 Å². The second-order valence-corrected chi connectivity index (χ2v) is 5.95. The summed E-state index contributed by atoms with van der Waals surface area (Å²) in [4.78, 5) is 5.69. The van der Waals surface area contributed by atoms with Gasteiger partial charge in [-0.1, -0.05) is 32.6 Å². The Labute approximate surface area is 108 Å². The first-order valence-electron chi connectivity index (χ1n) is 6.64. The van der Waals surface area contributed by atoms with Crippen LogP contribution in [0.1, 0.15) is 55.6 Å². The second kappa shape index (κ2) is 5.94. The molecule has 0 aromatic carbocycles. The molecule has 0 saturated heterocycles. The number of nitrogens with one attached hydrogen (secondary N) is 1. The van der Waals surface area contributed by atoms with Crippen LogP contribution >= 0.6 is 11.3 Å². The van der Waals surface area contributed by atoms with Gasteiger partial charge in [0, 0.05) is 4.88 Å². The first-order chi connectivity index (χ1) is 8.27. The summed E-state index contributed by atoms with van der Waals surface area (Å²) >= 11 is 1.73. The number of nitrogens with zero attached hydrogens (tertiary/aromatic N) is 1. The SMILES string of the molecule is CCC1CCCCC1C(NN)c1scnc1C. The van der Waals surface area contributed by atoms with Crippen LogP contribution in [0, 0.1) is 18.8 Å². The minimum absolute atomic E-state index is 0.299. The molecule has 1 aliphatic carbocycles. The summed E-state index contributed by atoms with van der Waals surface area (Å²) in [7, 11) is 0. The van der Waals surface area contributed by atoms with Gasteiger partial charge in [0.1, 0.15) is 0 Å². The molecule has 0 radical (unpaired) electrons. The van der Waals surface area contributed by atoms with E-state index in [4.69, 9.17) is 5.84 Å².